The van der Waals surface area contributed by atoms with Crippen LogP contribution in [-0.2, 0) is 0 Å². The van der Waals surface area contributed by atoms with Gasteiger partial charge in [-0.3, -0.25) is 20.2 Å². The molecule has 2 aromatic rings. The fraction of sp³-hybridized carbons (Fsp3) is 0.167. The zero-order valence-electron chi connectivity index (χ0n) is 10.4. The Kier molecular flexibility index (Phi) is 3.16. The van der Waals surface area contributed by atoms with Gasteiger partial charge in [0.15, 0.2) is 0 Å². The van der Waals surface area contributed by atoms with E-state index >= 15 is 0 Å². The summed E-state index contributed by atoms with van der Waals surface area (Å²) >= 11 is 0. The van der Waals surface area contributed by atoms with Gasteiger partial charge in [0, 0.05) is 23.7 Å². The Hall–Kier alpha value is -2.88. The molecule has 19 heavy (non-hydrogen) atoms. The minimum atomic E-state index is -0.565. The van der Waals surface area contributed by atoms with Crippen molar-refractivity contribution >= 4 is 11.5 Å². The summed E-state index contributed by atoms with van der Waals surface area (Å²) in [4.78, 5) is 14.4. The van der Waals surface area contributed by atoms with Gasteiger partial charge in [0.05, 0.1) is 10.5 Å². The van der Waals surface area contributed by atoms with E-state index in [9.17, 15) is 10.1 Å². The molecule has 0 amide bonds. The normalized spacial score (nSPS) is 9.95. The zero-order valence-corrected chi connectivity index (χ0v) is 10.4. The predicted molar refractivity (Wildman–Crippen MR) is 68.5 cm³/mol. The van der Waals surface area contributed by atoms with E-state index in [0.29, 0.717) is 0 Å². The summed E-state index contributed by atoms with van der Waals surface area (Å²) in [6.45, 7) is 3.74. The molecular formula is C12H11N5O2. The molecule has 0 aliphatic carbocycles. The molecule has 0 aromatic carbocycles. The van der Waals surface area contributed by atoms with Crippen molar-refractivity contribution in [3.05, 3.63) is 51.5 Å². The van der Waals surface area contributed by atoms with E-state index in [0.717, 1.165) is 11.4 Å². The third-order valence-corrected chi connectivity index (χ3v) is 2.68. The Balaban J connectivity index is 2.46. The van der Waals surface area contributed by atoms with Gasteiger partial charge in [0.1, 0.15) is 6.07 Å². The molecule has 0 atom stereocenters. The number of rotatable bonds is 3. The molecule has 0 spiro atoms. The molecule has 0 bridgehead atoms. The summed E-state index contributed by atoms with van der Waals surface area (Å²) in [7, 11) is 0. The molecule has 7 nitrogen and oxygen atoms in total. The predicted octanol–water partition coefficient (Wildman–Crippen LogP) is 2.16. The number of nitro groups is 1. The number of pyridine rings is 1. The van der Waals surface area contributed by atoms with Crippen LogP contribution in [0, 0.1) is 35.3 Å². The van der Waals surface area contributed by atoms with E-state index in [1.54, 1.807) is 4.68 Å². The van der Waals surface area contributed by atoms with Gasteiger partial charge < -0.3 is 0 Å². The Morgan fingerprint density at radius 2 is 2.05 bits per heavy atom. The number of anilines is 1. The highest BCUT2D eigenvalue weighted by molar-refractivity contribution is 5.58. The largest absolute Gasteiger partial charge is 0.314 e. The molecule has 0 aliphatic heterocycles. The molecule has 0 fully saturated rings. The van der Waals surface area contributed by atoms with E-state index in [1.165, 1.54) is 12.3 Å². The van der Waals surface area contributed by atoms with Crippen LogP contribution >= 0.6 is 0 Å². The Labute approximate surface area is 109 Å². The minimum Gasteiger partial charge on any atom is -0.272 e. The van der Waals surface area contributed by atoms with Gasteiger partial charge in [-0.15, -0.1) is 0 Å². The highest BCUT2D eigenvalue weighted by Gasteiger charge is 2.17. The van der Waals surface area contributed by atoms with Crippen molar-refractivity contribution in [1.82, 2.24) is 9.66 Å². The molecule has 0 saturated carbocycles. The molecule has 0 radical (unpaired) electrons. The van der Waals surface area contributed by atoms with E-state index in [2.05, 4.69) is 10.4 Å². The lowest BCUT2D eigenvalue weighted by Gasteiger charge is -2.11. The molecule has 96 valence electrons. The van der Waals surface area contributed by atoms with Crippen LogP contribution in [0.5, 0.6) is 0 Å². The van der Waals surface area contributed by atoms with Crippen molar-refractivity contribution < 1.29 is 4.92 Å². The van der Waals surface area contributed by atoms with E-state index in [1.807, 2.05) is 32.0 Å². The highest BCUT2D eigenvalue weighted by atomic mass is 16.6. The molecule has 0 unspecified atom stereocenters. The van der Waals surface area contributed by atoms with Crippen LogP contribution in [-0.4, -0.2) is 14.6 Å². The van der Waals surface area contributed by atoms with E-state index in [-0.39, 0.29) is 17.1 Å². The third-order valence-electron chi connectivity index (χ3n) is 2.68. The van der Waals surface area contributed by atoms with Crippen LogP contribution in [0.4, 0.5) is 11.5 Å². The minimum absolute atomic E-state index is 0.103. The maximum absolute atomic E-state index is 11.0. The first-order chi connectivity index (χ1) is 9.02. The van der Waals surface area contributed by atoms with Gasteiger partial charge in [-0.25, -0.2) is 4.98 Å². The number of hydrogen-bond acceptors (Lipinski definition) is 5. The number of aryl methyl sites for hydroxylation is 2. The lowest BCUT2D eigenvalue weighted by atomic mass is 10.3. The zero-order chi connectivity index (χ0) is 14.0. The molecule has 1 N–H and O–H groups in total. The van der Waals surface area contributed by atoms with Crippen molar-refractivity contribution in [3.63, 3.8) is 0 Å². The Morgan fingerprint density at radius 3 is 2.58 bits per heavy atom. The summed E-state index contributed by atoms with van der Waals surface area (Å²) in [5.74, 6) is 0.103. The van der Waals surface area contributed by atoms with Crippen LogP contribution in [0.15, 0.2) is 24.4 Å². The van der Waals surface area contributed by atoms with Gasteiger partial charge in [0.25, 0.3) is 0 Å². The molecular weight excluding hydrogens is 246 g/mol. The Bertz CT molecular complexity index is 664. The maximum atomic E-state index is 11.0. The van der Waals surface area contributed by atoms with E-state index in [4.69, 9.17) is 5.26 Å². The van der Waals surface area contributed by atoms with E-state index < -0.39 is 4.92 Å². The molecule has 0 aliphatic rings. The number of nitrogens with zero attached hydrogens (tertiary/aromatic N) is 4. The van der Waals surface area contributed by atoms with Crippen LogP contribution in [0.3, 0.4) is 0 Å². The van der Waals surface area contributed by atoms with Gasteiger partial charge in [0.2, 0.25) is 5.82 Å². The van der Waals surface area contributed by atoms with Crippen LogP contribution < -0.4 is 5.43 Å². The summed E-state index contributed by atoms with van der Waals surface area (Å²) in [6, 6.07) is 6.80. The first-order valence-electron chi connectivity index (χ1n) is 5.49. The average molecular weight is 257 g/mol. The first kappa shape index (κ1) is 12.6. The number of nitriles is 1. The van der Waals surface area contributed by atoms with Gasteiger partial charge >= 0.3 is 5.69 Å². The number of hydrogen-bond donors (Lipinski definition) is 1. The van der Waals surface area contributed by atoms with Crippen molar-refractivity contribution in [3.8, 4) is 6.07 Å². The van der Waals surface area contributed by atoms with Gasteiger partial charge in [-0.05, 0) is 26.0 Å². The van der Waals surface area contributed by atoms with Crippen LogP contribution in [0.25, 0.3) is 0 Å². The Morgan fingerprint density at radius 1 is 1.42 bits per heavy atom. The lowest BCUT2D eigenvalue weighted by molar-refractivity contribution is -0.384. The highest BCUT2D eigenvalue weighted by Crippen LogP contribution is 2.23. The number of nitrogens with one attached hydrogen (secondary N) is 1. The van der Waals surface area contributed by atoms with Crippen molar-refractivity contribution in [2.24, 2.45) is 0 Å². The second-order valence-corrected chi connectivity index (χ2v) is 4.02. The van der Waals surface area contributed by atoms with Crippen molar-refractivity contribution in [2.75, 3.05) is 5.43 Å². The third kappa shape index (κ3) is 2.37. The molecule has 2 heterocycles. The molecule has 0 saturated heterocycles. The average Bonchev–Trinajstić information content (AvgIpc) is 2.70. The lowest BCUT2D eigenvalue weighted by Crippen LogP contribution is -2.14. The standard InChI is InChI=1S/C12H11N5O2/c1-8-3-4-9(2)16(8)15-12-11(17(18)19)5-10(6-13)7-14-12/h3-5,7H,1-2H3,(H,14,15). The summed E-state index contributed by atoms with van der Waals surface area (Å²) in [5, 5.41) is 19.7. The first-order valence-corrected chi connectivity index (χ1v) is 5.49. The molecule has 2 rings (SSSR count). The van der Waals surface area contributed by atoms with Crippen LogP contribution in [0.1, 0.15) is 17.0 Å². The maximum Gasteiger partial charge on any atom is 0.314 e. The summed E-state index contributed by atoms with van der Waals surface area (Å²) < 4.78 is 1.70. The number of aromatic nitrogens is 2. The summed E-state index contributed by atoms with van der Waals surface area (Å²) in [5.41, 5.74) is 4.60. The summed E-state index contributed by atoms with van der Waals surface area (Å²) in [6.07, 6.45) is 1.30. The molecule has 2 aromatic heterocycles. The van der Waals surface area contributed by atoms with Crippen molar-refractivity contribution in [2.45, 2.75) is 13.8 Å². The van der Waals surface area contributed by atoms with Gasteiger partial charge in [-0.1, -0.05) is 0 Å². The van der Waals surface area contributed by atoms with Gasteiger partial charge in [-0.2, -0.15) is 5.26 Å². The SMILES string of the molecule is Cc1ccc(C)n1Nc1ncc(C#N)cc1[N+](=O)[O-]. The monoisotopic (exact) mass is 257 g/mol. The quantitative estimate of drug-likeness (QED) is 0.671. The smallest absolute Gasteiger partial charge is 0.272 e. The van der Waals surface area contributed by atoms with Crippen molar-refractivity contribution in [1.29, 1.82) is 5.26 Å². The molecule has 7 heteroatoms. The fourth-order valence-electron chi connectivity index (χ4n) is 1.69. The fourth-order valence-corrected chi connectivity index (χ4v) is 1.69. The topological polar surface area (TPSA) is 96.8 Å². The van der Waals surface area contributed by atoms with Crippen LogP contribution in [0.2, 0.25) is 0 Å². The second-order valence-electron chi connectivity index (χ2n) is 4.02. The second kappa shape index (κ2) is 4.78.